The van der Waals surface area contributed by atoms with Gasteiger partial charge >= 0.3 is 5.97 Å². The number of aryl methyl sites for hydroxylation is 2. The summed E-state index contributed by atoms with van der Waals surface area (Å²) < 4.78 is 5.31. The number of aliphatic carboxylic acids is 1. The lowest BCUT2D eigenvalue weighted by molar-refractivity contribution is -0.138. The van der Waals surface area contributed by atoms with E-state index in [-0.39, 0.29) is 18.5 Å². The molecule has 0 unspecified atom stereocenters. The maximum absolute atomic E-state index is 12.7. The smallest absolute Gasteiger partial charge is 0.323 e. The Hall–Kier alpha value is -1.40. The van der Waals surface area contributed by atoms with Crippen LogP contribution in [-0.4, -0.2) is 47.7 Å². The molecule has 5 nitrogen and oxygen atoms in total. The molecule has 1 aliphatic carbocycles. The lowest BCUT2D eigenvalue weighted by atomic mass is 10.1. The standard InChI is InChI=1S/C15H19NO4S/c17-14(18)9-16(11-4-6-20-7-5-11)15(19)13-8-10-2-1-3-12(10)21-13/h8,11H,1-7,9H2,(H,17,18). The molecule has 3 rings (SSSR count). The van der Waals surface area contributed by atoms with E-state index in [2.05, 4.69) is 0 Å². The van der Waals surface area contributed by atoms with Gasteiger partial charge in [0.1, 0.15) is 6.54 Å². The van der Waals surface area contributed by atoms with Crippen LogP contribution >= 0.6 is 11.3 Å². The number of hydrogen-bond donors (Lipinski definition) is 1. The van der Waals surface area contributed by atoms with Crippen LogP contribution in [0.3, 0.4) is 0 Å². The van der Waals surface area contributed by atoms with Crippen molar-refractivity contribution in [3.8, 4) is 0 Å². The molecular weight excluding hydrogens is 290 g/mol. The van der Waals surface area contributed by atoms with Gasteiger partial charge in [-0.05, 0) is 43.7 Å². The maximum atomic E-state index is 12.7. The van der Waals surface area contributed by atoms with Gasteiger partial charge in [-0.2, -0.15) is 0 Å². The molecule has 6 heteroatoms. The fourth-order valence-electron chi connectivity index (χ4n) is 3.09. The molecule has 0 saturated carbocycles. The first-order valence-electron chi connectivity index (χ1n) is 7.37. The van der Waals surface area contributed by atoms with Crippen molar-refractivity contribution in [2.24, 2.45) is 0 Å². The van der Waals surface area contributed by atoms with Crippen molar-refractivity contribution in [3.05, 3.63) is 21.4 Å². The van der Waals surface area contributed by atoms with Gasteiger partial charge in [0.25, 0.3) is 5.91 Å². The highest BCUT2D eigenvalue weighted by Crippen LogP contribution is 2.32. The Morgan fingerprint density at radius 1 is 1.33 bits per heavy atom. The third-order valence-electron chi connectivity index (χ3n) is 4.16. The second-order valence-electron chi connectivity index (χ2n) is 5.58. The molecule has 1 aliphatic heterocycles. The van der Waals surface area contributed by atoms with Crippen LogP contribution in [-0.2, 0) is 22.4 Å². The topological polar surface area (TPSA) is 66.8 Å². The zero-order valence-electron chi connectivity index (χ0n) is 11.8. The molecule has 1 N–H and O–H groups in total. The van der Waals surface area contributed by atoms with Crippen molar-refractivity contribution in [1.82, 2.24) is 4.90 Å². The predicted octanol–water partition coefficient (Wildman–Crippen LogP) is 1.94. The molecule has 1 aromatic heterocycles. The number of carboxylic acid groups (broad SMARTS) is 1. The second-order valence-corrected chi connectivity index (χ2v) is 6.72. The average Bonchev–Trinajstić information content (AvgIpc) is 3.06. The molecule has 1 fully saturated rings. The van der Waals surface area contributed by atoms with Gasteiger partial charge in [-0.1, -0.05) is 0 Å². The van der Waals surface area contributed by atoms with Crippen LogP contribution in [0.4, 0.5) is 0 Å². The molecular formula is C15H19NO4S. The zero-order chi connectivity index (χ0) is 14.8. The molecule has 0 spiro atoms. The van der Waals surface area contributed by atoms with Crippen LogP contribution in [0.15, 0.2) is 6.07 Å². The molecule has 1 amide bonds. The van der Waals surface area contributed by atoms with Crippen LogP contribution in [0, 0.1) is 0 Å². The number of hydrogen-bond acceptors (Lipinski definition) is 4. The molecule has 1 saturated heterocycles. The minimum absolute atomic E-state index is 0.0284. The van der Waals surface area contributed by atoms with E-state index in [0.29, 0.717) is 30.9 Å². The number of carbonyl (C=O) groups excluding carboxylic acids is 1. The molecule has 2 heterocycles. The predicted molar refractivity (Wildman–Crippen MR) is 78.9 cm³/mol. The van der Waals surface area contributed by atoms with E-state index >= 15 is 0 Å². The Balaban J connectivity index is 1.80. The Morgan fingerprint density at radius 3 is 2.76 bits per heavy atom. The SMILES string of the molecule is O=C(O)CN(C(=O)c1cc2c(s1)CCC2)C1CCOCC1. The third-order valence-corrected chi connectivity index (χ3v) is 5.38. The first-order chi connectivity index (χ1) is 10.1. The summed E-state index contributed by atoms with van der Waals surface area (Å²) in [5.41, 5.74) is 1.27. The number of amides is 1. The van der Waals surface area contributed by atoms with Gasteiger partial charge in [0.05, 0.1) is 4.88 Å². The summed E-state index contributed by atoms with van der Waals surface area (Å²) in [6.45, 7) is 0.954. The van der Waals surface area contributed by atoms with Crippen molar-refractivity contribution in [2.75, 3.05) is 19.8 Å². The van der Waals surface area contributed by atoms with Crippen LogP contribution in [0.25, 0.3) is 0 Å². The maximum Gasteiger partial charge on any atom is 0.323 e. The lowest BCUT2D eigenvalue weighted by Gasteiger charge is -2.32. The monoisotopic (exact) mass is 309 g/mol. The number of rotatable bonds is 4. The van der Waals surface area contributed by atoms with Crippen LogP contribution in [0.5, 0.6) is 0 Å². The first kappa shape index (κ1) is 14.5. The van der Waals surface area contributed by atoms with Gasteiger partial charge in [-0.15, -0.1) is 11.3 Å². The highest BCUT2D eigenvalue weighted by Gasteiger charge is 2.30. The summed E-state index contributed by atoms with van der Waals surface area (Å²) in [7, 11) is 0. The van der Waals surface area contributed by atoms with Gasteiger partial charge in [0, 0.05) is 24.1 Å². The van der Waals surface area contributed by atoms with E-state index in [1.807, 2.05) is 6.07 Å². The molecule has 2 aliphatic rings. The van der Waals surface area contributed by atoms with Crippen molar-refractivity contribution < 1.29 is 19.4 Å². The number of carbonyl (C=O) groups is 2. The van der Waals surface area contributed by atoms with E-state index in [0.717, 1.165) is 19.3 Å². The largest absolute Gasteiger partial charge is 0.480 e. The molecule has 0 aromatic carbocycles. The van der Waals surface area contributed by atoms with Crippen LogP contribution < -0.4 is 0 Å². The van der Waals surface area contributed by atoms with Crippen LogP contribution in [0.2, 0.25) is 0 Å². The first-order valence-corrected chi connectivity index (χ1v) is 8.19. The quantitative estimate of drug-likeness (QED) is 0.923. The lowest BCUT2D eigenvalue weighted by Crippen LogP contribution is -2.45. The number of fused-ring (bicyclic) bond motifs is 1. The third kappa shape index (κ3) is 3.11. The zero-order valence-corrected chi connectivity index (χ0v) is 12.7. The van der Waals surface area contributed by atoms with Crippen LogP contribution in [0.1, 0.15) is 39.4 Å². The molecule has 0 atom stereocenters. The minimum Gasteiger partial charge on any atom is -0.480 e. The van der Waals surface area contributed by atoms with E-state index in [1.54, 1.807) is 0 Å². The Kier molecular flexibility index (Phi) is 4.26. The number of nitrogens with zero attached hydrogens (tertiary/aromatic N) is 1. The summed E-state index contributed by atoms with van der Waals surface area (Å²) in [5.74, 6) is -1.09. The van der Waals surface area contributed by atoms with E-state index in [1.165, 1.54) is 26.7 Å². The molecule has 0 radical (unpaired) electrons. The van der Waals surface area contributed by atoms with Gasteiger partial charge in [0.2, 0.25) is 0 Å². The number of carboxylic acids is 1. The normalized spacial score (nSPS) is 18.5. The fourth-order valence-corrected chi connectivity index (χ4v) is 4.29. The average molecular weight is 309 g/mol. The van der Waals surface area contributed by atoms with Crippen molar-refractivity contribution >= 4 is 23.2 Å². The number of thiophene rings is 1. The highest BCUT2D eigenvalue weighted by atomic mass is 32.1. The highest BCUT2D eigenvalue weighted by molar-refractivity contribution is 7.14. The van der Waals surface area contributed by atoms with Crippen molar-refractivity contribution in [3.63, 3.8) is 0 Å². The van der Waals surface area contributed by atoms with Gasteiger partial charge in [-0.25, -0.2) is 0 Å². The molecule has 21 heavy (non-hydrogen) atoms. The molecule has 114 valence electrons. The van der Waals surface area contributed by atoms with Crippen molar-refractivity contribution in [2.45, 2.75) is 38.1 Å². The number of ether oxygens (including phenoxy) is 1. The Bertz CT molecular complexity index is 526. The second kappa shape index (κ2) is 6.15. The van der Waals surface area contributed by atoms with Gasteiger partial charge in [0.15, 0.2) is 0 Å². The summed E-state index contributed by atoms with van der Waals surface area (Å²) in [5, 5.41) is 9.11. The van der Waals surface area contributed by atoms with E-state index in [9.17, 15) is 9.59 Å². The summed E-state index contributed by atoms with van der Waals surface area (Å²) >= 11 is 1.53. The Morgan fingerprint density at radius 2 is 2.10 bits per heavy atom. The van der Waals surface area contributed by atoms with Gasteiger partial charge < -0.3 is 14.7 Å². The fraction of sp³-hybridized carbons (Fsp3) is 0.600. The van der Waals surface area contributed by atoms with E-state index in [4.69, 9.17) is 9.84 Å². The minimum atomic E-state index is -0.959. The van der Waals surface area contributed by atoms with E-state index < -0.39 is 5.97 Å². The molecule has 1 aromatic rings. The Labute approximate surface area is 127 Å². The molecule has 0 bridgehead atoms. The summed E-state index contributed by atoms with van der Waals surface area (Å²) in [4.78, 5) is 27.3. The summed E-state index contributed by atoms with van der Waals surface area (Å²) in [6.07, 6.45) is 4.67. The van der Waals surface area contributed by atoms with Gasteiger partial charge in [-0.3, -0.25) is 9.59 Å². The van der Waals surface area contributed by atoms with Crippen molar-refractivity contribution in [1.29, 1.82) is 0 Å². The summed E-state index contributed by atoms with van der Waals surface area (Å²) in [6, 6.07) is 1.93.